The summed E-state index contributed by atoms with van der Waals surface area (Å²) in [7, 11) is -2.49. The van der Waals surface area contributed by atoms with E-state index in [1.807, 2.05) is 31.2 Å². The van der Waals surface area contributed by atoms with Gasteiger partial charge in [0.2, 0.25) is 26.6 Å². The van der Waals surface area contributed by atoms with Crippen LogP contribution in [0.15, 0.2) is 81.1 Å². The van der Waals surface area contributed by atoms with Gasteiger partial charge in [-0.2, -0.15) is 4.98 Å². The Bertz CT molecular complexity index is 1440. The summed E-state index contributed by atoms with van der Waals surface area (Å²) in [6, 6.07) is 19.0. The van der Waals surface area contributed by atoms with E-state index in [1.54, 1.807) is 37.4 Å². The van der Waals surface area contributed by atoms with Crippen LogP contribution < -0.4 is 19.5 Å². The molecule has 3 aromatic carbocycles. The summed E-state index contributed by atoms with van der Waals surface area (Å²) in [6.45, 7) is 2.70. The molecule has 4 aromatic rings. The van der Waals surface area contributed by atoms with Gasteiger partial charge >= 0.3 is 0 Å². The van der Waals surface area contributed by atoms with Gasteiger partial charge in [0.1, 0.15) is 19.0 Å². The molecular formula is C25H22N2O6S. The molecule has 0 fully saturated rings. The summed E-state index contributed by atoms with van der Waals surface area (Å²) in [4.78, 5) is 4.42. The molecule has 1 aromatic heterocycles. The van der Waals surface area contributed by atoms with Gasteiger partial charge in [0.15, 0.2) is 11.5 Å². The molecule has 0 saturated heterocycles. The minimum Gasteiger partial charge on any atom is -0.497 e. The standard InChI is InChI=1S/C25H22N2O6S/c1-16-4-3-5-17(14-16)23-27-25(24(33-23)26-18-6-8-19(30-2)9-7-18)34(28,29)20-10-11-21-22(15-20)32-13-12-31-21/h3-11,14-15,26H,12-13H2,1-2H3. The Balaban J connectivity index is 1.60. The van der Waals surface area contributed by atoms with Crippen molar-refractivity contribution >= 4 is 21.4 Å². The summed E-state index contributed by atoms with van der Waals surface area (Å²) in [5.74, 6) is 1.75. The monoisotopic (exact) mass is 478 g/mol. The normalized spacial score (nSPS) is 12.9. The SMILES string of the molecule is COc1ccc(Nc2oc(-c3cccc(C)c3)nc2S(=O)(=O)c2ccc3c(c2)OCCO3)cc1. The van der Waals surface area contributed by atoms with Crippen molar-refractivity contribution in [2.24, 2.45) is 0 Å². The topological polar surface area (TPSA) is 99.9 Å². The number of fused-ring (bicyclic) bond motifs is 1. The molecule has 0 unspecified atom stereocenters. The number of hydrogen-bond acceptors (Lipinski definition) is 8. The number of nitrogens with one attached hydrogen (secondary N) is 1. The summed E-state index contributed by atoms with van der Waals surface area (Å²) in [5, 5.41) is 2.82. The zero-order chi connectivity index (χ0) is 23.7. The van der Waals surface area contributed by atoms with E-state index in [9.17, 15) is 8.42 Å². The number of oxazole rings is 1. The lowest BCUT2D eigenvalue weighted by Gasteiger charge is -2.18. The minimum atomic E-state index is -4.06. The fourth-order valence-corrected chi connectivity index (χ4v) is 4.85. The second-order valence-corrected chi connectivity index (χ2v) is 9.55. The third kappa shape index (κ3) is 4.17. The van der Waals surface area contributed by atoms with Crippen LogP contribution in [0.4, 0.5) is 11.6 Å². The number of methoxy groups -OCH3 is 1. The molecule has 2 heterocycles. The number of hydrogen-bond donors (Lipinski definition) is 1. The van der Waals surface area contributed by atoms with Crippen molar-refractivity contribution in [1.82, 2.24) is 4.98 Å². The van der Waals surface area contributed by atoms with Crippen LogP contribution in [0.3, 0.4) is 0 Å². The van der Waals surface area contributed by atoms with Gasteiger partial charge in [0.25, 0.3) is 0 Å². The maximum Gasteiger partial charge on any atom is 0.238 e. The van der Waals surface area contributed by atoms with Crippen molar-refractivity contribution in [3.8, 4) is 28.7 Å². The number of anilines is 2. The number of aryl methyl sites for hydroxylation is 1. The first kappa shape index (κ1) is 21.8. The van der Waals surface area contributed by atoms with E-state index in [2.05, 4.69) is 10.3 Å². The largest absolute Gasteiger partial charge is 0.497 e. The molecule has 1 aliphatic rings. The van der Waals surface area contributed by atoms with Crippen LogP contribution in [-0.4, -0.2) is 33.7 Å². The van der Waals surface area contributed by atoms with Gasteiger partial charge in [-0.1, -0.05) is 17.7 Å². The molecule has 0 bridgehead atoms. The minimum absolute atomic E-state index is 0.0107. The number of nitrogens with zero attached hydrogens (tertiary/aromatic N) is 1. The number of benzene rings is 3. The number of sulfone groups is 1. The molecule has 34 heavy (non-hydrogen) atoms. The molecular weight excluding hydrogens is 456 g/mol. The first-order valence-electron chi connectivity index (χ1n) is 10.6. The first-order chi connectivity index (χ1) is 16.4. The van der Waals surface area contributed by atoms with Crippen molar-refractivity contribution in [3.63, 3.8) is 0 Å². The predicted octanol–water partition coefficient (Wildman–Crippen LogP) is 5.01. The third-order valence-corrected chi connectivity index (χ3v) is 6.95. The zero-order valence-corrected chi connectivity index (χ0v) is 19.4. The van der Waals surface area contributed by atoms with Crippen LogP contribution in [0.1, 0.15) is 5.56 Å². The first-order valence-corrected chi connectivity index (χ1v) is 12.1. The van der Waals surface area contributed by atoms with Gasteiger partial charge in [-0.15, -0.1) is 0 Å². The average Bonchev–Trinajstić information content (AvgIpc) is 3.29. The molecule has 5 rings (SSSR count). The summed E-state index contributed by atoms with van der Waals surface area (Å²) < 4.78 is 49.6. The van der Waals surface area contributed by atoms with Gasteiger partial charge < -0.3 is 23.9 Å². The number of rotatable bonds is 6. The fraction of sp³-hybridized carbons (Fsp3) is 0.160. The fourth-order valence-electron chi connectivity index (χ4n) is 3.58. The van der Waals surface area contributed by atoms with Gasteiger partial charge in [-0.3, -0.25) is 0 Å². The van der Waals surface area contributed by atoms with Crippen LogP contribution in [0.2, 0.25) is 0 Å². The maximum atomic E-state index is 13.7. The molecule has 0 saturated carbocycles. The average molecular weight is 479 g/mol. The molecule has 1 N–H and O–H groups in total. The molecule has 0 spiro atoms. The van der Waals surface area contributed by atoms with E-state index >= 15 is 0 Å². The Hall–Kier alpha value is -3.98. The quantitative estimate of drug-likeness (QED) is 0.413. The Morgan fingerprint density at radius 3 is 2.44 bits per heavy atom. The smallest absolute Gasteiger partial charge is 0.238 e. The molecule has 8 nitrogen and oxygen atoms in total. The second-order valence-electron chi connectivity index (χ2n) is 7.69. The molecule has 9 heteroatoms. The molecule has 174 valence electrons. The molecule has 0 atom stereocenters. The predicted molar refractivity (Wildman–Crippen MR) is 126 cm³/mol. The van der Waals surface area contributed by atoms with Crippen molar-refractivity contribution < 1.29 is 27.0 Å². The highest BCUT2D eigenvalue weighted by Gasteiger charge is 2.30. The van der Waals surface area contributed by atoms with Gasteiger partial charge in [0.05, 0.1) is 12.0 Å². The van der Waals surface area contributed by atoms with Crippen LogP contribution in [0, 0.1) is 6.92 Å². The van der Waals surface area contributed by atoms with Crippen LogP contribution in [0.25, 0.3) is 11.5 Å². The van der Waals surface area contributed by atoms with E-state index in [0.717, 1.165) is 5.56 Å². The zero-order valence-electron chi connectivity index (χ0n) is 18.6. The van der Waals surface area contributed by atoms with E-state index in [-0.39, 0.29) is 21.7 Å². The number of ether oxygens (including phenoxy) is 3. The van der Waals surface area contributed by atoms with Crippen molar-refractivity contribution in [3.05, 3.63) is 72.3 Å². The molecule has 1 aliphatic heterocycles. The van der Waals surface area contributed by atoms with Gasteiger partial charge in [-0.25, -0.2) is 8.42 Å². The lowest BCUT2D eigenvalue weighted by atomic mass is 10.1. The van der Waals surface area contributed by atoms with Gasteiger partial charge in [0, 0.05) is 17.3 Å². The Labute approximate surface area is 197 Å². The van der Waals surface area contributed by atoms with E-state index < -0.39 is 9.84 Å². The Kier molecular flexibility index (Phi) is 5.62. The van der Waals surface area contributed by atoms with Crippen molar-refractivity contribution in [2.45, 2.75) is 16.8 Å². The van der Waals surface area contributed by atoms with Crippen LogP contribution in [-0.2, 0) is 9.84 Å². The van der Waals surface area contributed by atoms with E-state index in [4.69, 9.17) is 18.6 Å². The molecule has 0 aliphatic carbocycles. The second kappa shape index (κ2) is 8.75. The number of aromatic nitrogens is 1. The Morgan fingerprint density at radius 1 is 0.941 bits per heavy atom. The lowest BCUT2D eigenvalue weighted by molar-refractivity contribution is 0.171. The summed E-state index contributed by atoms with van der Waals surface area (Å²) >= 11 is 0. The maximum absolute atomic E-state index is 13.7. The van der Waals surface area contributed by atoms with Crippen LogP contribution >= 0.6 is 0 Å². The van der Waals surface area contributed by atoms with Gasteiger partial charge in [-0.05, 0) is 55.5 Å². The highest BCUT2D eigenvalue weighted by atomic mass is 32.2. The van der Waals surface area contributed by atoms with E-state index in [0.29, 0.717) is 41.7 Å². The van der Waals surface area contributed by atoms with Crippen molar-refractivity contribution in [2.75, 3.05) is 25.6 Å². The summed E-state index contributed by atoms with van der Waals surface area (Å²) in [6.07, 6.45) is 0. The Morgan fingerprint density at radius 2 is 1.71 bits per heavy atom. The summed E-state index contributed by atoms with van der Waals surface area (Å²) in [5.41, 5.74) is 2.28. The lowest BCUT2D eigenvalue weighted by Crippen LogP contribution is -2.16. The van der Waals surface area contributed by atoms with Crippen LogP contribution in [0.5, 0.6) is 17.2 Å². The third-order valence-electron chi connectivity index (χ3n) is 5.29. The molecule has 0 amide bonds. The highest BCUT2D eigenvalue weighted by molar-refractivity contribution is 7.91. The van der Waals surface area contributed by atoms with Crippen molar-refractivity contribution in [1.29, 1.82) is 0 Å². The molecule has 0 radical (unpaired) electrons. The van der Waals surface area contributed by atoms with E-state index in [1.165, 1.54) is 12.1 Å². The highest BCUT2D eigenvalue weighted by Crippen LogP contribution is 2.38.